The van der Waals surface area contributed by atoms with E-state index in [1.807, 2.05) is 24.5 Å². The lowest BCUT2D eigenvalue weighted by Gasteiger charge is -2.04. The van der Waals surface area contributed by atoms with Crippen LogP contribution in [-0.2, 0) is 0 Å². The van der Waals surface area contributed by atoms with Gasteiger partial charge in [0.2, 0.25) is 5.71 Å². The molecular weight excluding hydrogens is 284 g/mol. The van der Waals surface area contributed by atoms with Crippen molar-refractivity contribution in [2.45, 2.75) is 5.16 Å². The maximum absolute atomic E-state index is 8.59. The van der Waals surface area contributed by atoms with Crippen LogP contribution in [-0.4, -0.2) is 21.9 Å². The second kappa shape index (κ2) is 7.04. The number of nitrogens with one attached hydrogen (secondary N) is 1. The number of hydrogen-bond acceptors (Lipinski definition) is 7. The molecule has 1 aromatic carbocycles. The molecule has 0 aliphatic carbocycles. The fourth-order valence-corrected chi connectivity index (χ4v) is 1.87. The first kappa shape index (κ1) is 14.5. The van der Waals surface area contributed by atoms with Gasteiger partial charge in [-0.25, -0.2) is 9.97 Å². The average molecular weight is 294 g/mol. The first-order chi connectivity index (χ1) is 10.3. The van der Waals surface area contributed by atoms with Gasteiger partial charge in [-0.3, -0.25) is 5.43 Å². The maximum Gasteiger partial charge on any atom is 0.237 e. The molecule has 0 bridgehead atoms. The lowest BCUT2D eigenvalue weighted by Crippen LogP contribution is -1.96. The van der Waals surface area contributed by atoms with E-state index in [9.17, 15) is 0 Å². The number of thioether (sulfide) groups is 1. The molecule has 0 saturated heterocycles. The van der Waals surface area contributed by atoms with Gasteiger partial charge in [-0.1, -0.05) is 23.9 Å². The van der Waals surface area contributed by atoms with Gasteiger partial charge < -0.3 is 0 Å². The number of hydrazone groups is 1. The topological polar surface area (TPSA) is 97.8 Å². The number of rotatable bonds is 4. The molecule has 0 spiro atoms. The Morgan fingerprint density at radius 1 is 1.19 bits per heavy atom. The summed E-state index contributed by atoms with van der Waals surface area (Å²) in [6.07, 6.45) is 3.64. The molecule has 0 saturated carbocycles. The highest BCUT2D eigenvalue weighted by Crippen LogP contribution is 2.21. The Bertz CT molecular complexity index is 723. The van der Waals surface area contributed by atoms with Gasteiger partial charge in [-0.2, -0.15) is 15.6 Å². The molecule has 0 radical (unpaired) electrons. The van der Waals surface area contributed by atoms with Crippen LogP contribution in [0.25, 0.3) is 11.3 Å². The largest absolute Gasteiger partial charge is 0.277 e. The highest BCUT2D eigenvalue weighted by Gasteiger charge is 2.02. The summed E-state index contributed by atoms with van der Waals surface area (Å²) >= 11 is 1.48. The molecule has 0 atom stereocenters. The summed E-state index contributed by atoms with van der Waals surface area (Å²) < 4.78 is 0. The average Bonchev–Trinajstić information content (AvgIpc) is 2.56. The van der Waals surface area contributed by atoms with Crippen molar-refractivity contribution in [3.63, 3.8) is 0 Å². The van der Waals surface area contributed by atoms with Crippen LogP contribution in [0.3, 0.4) is 0 Å². The molecule has 0 fully saturated rings. The third-order valence-electron chi connectivity index (χ3n) is 2.51. The van der Waals surface area contributed by atoms with E-state index in [0.29, 0.717) is 10.8 Å². The maximum atomic E-state index is 8.59. The van der Waals surface area contributed by atoms with E-state index in [1.165, 1.54) is 11.8 Å². The lowest BCUT2D eigenvalue weighted by molar-refractivity contribution is 0.976. The number of hydrogen-bond donors (Lipinski definition) is 1. The summed E-state index contributed by atoms with van der Waals surface area (Å²) in [5.41, 5.74) is 4.89. The number of anilines is 1. The molecule has 102 valence electrons. The van der Waals surface area contributed by atoms with Crippen molar-refractivity contribution in [2.75, 3.05) is 11.7 Å². The third-order valence-corrected chi connectivity index (χ3v) is 3.07. The Labute approximate surface area is 126 Å². The zero-order valence-electron chi connectivity index (χ0n) is 11.1. The lowest BCUT2D eigenvalue weighted by atomic mass is 10.1. The molecule has 6 nitrogen and oxygen atoms in total. The van der Waals surface area contributed by atoms with E-state index in [0.717, 1.165) is 11.3 Å². The molecule has 7 heteroatoms. The van der Waals surface area contributed by atoms with Crippen molar-refractivity contribution in [1.82, 2.24) is 9.97 Å². The minimum absolute atomic E-state index is 0.223. The van der Waals surface area contributed by atoms with E-state index in [1.54, 1.807) is 30.5 Å². The van der Waals surface area contributed by atoms with Gasteiger partial charge >= 0.3 is 0 Å². The van der Waals surface area contributed by atoms with Gasteiger partial charge in [-0.05, 0) is 24.5 Å². The molecule has 0 unspecified atom stereocenters. The number of nitrogens with zero attached hydrogens (tertiary/aromatic N) is 5. The smallest absolute Gasteiger partial charge is 0.237 e. The summed E-state index contributed by atoms with van der Waals surface area (Å²) in [7, 11) is 0. The van der Waals surface area contributed by atoms with Gasteiger partial charge in [0.05, 0.1) is 11.4 Å². The number of aromatic nitrogens is 2. The quantitative estimate of drug-likeness (QED) is 0.403. The zero-order valence-corrected chi connectivity index (χ0v) is 11.9. The molecule has 2 rings (SSSR count). The predicted octanol–water partition coefficient (Wildman–Crippen LogP) is 2.68. The van der Waals surface area contributed by atoms with Crippen molar-refractivity contribution in [3.05, 3.63) is 36.5 Å². The zero-order chi connectivity index (χ0) is 15.1. The Hall–Kier alpha value is -2.90. The van der Waals surface area contributed by atoms with E-state index >= 15 is 0 Å². The molecule has 0 aliphatic heterocycles. The molecule has 1 aromatic heterocycles. The van der Waals surface area contributed by atoms with Crippen LogP contribution in [0.5, 0.6) is 0 Å². The summed E-state index contributed by atoms with van der Waals surface area (Å²) in [6, 6.07) is 12.5. The van der Waals surface area contributed by atoms with E-state index < -0.39 is 0 Å². The van der Waals surface area contributed by atoms with Crippen molar-refractivity contribution in [2.24, 2.45) is 5.10 Å². The fourth-order valence-electron chi connectivity index (χ4n) is 1.51. The highest BCUT2D eigenvalue weighted by atomic mass is 32.2. The van der Waals surface area contributed by atoms with Gasteiger partial charge in [-0.15, -0.1) is 0 Å². The van der Waals surface area contributed by atoms with Gasteiger partial charge in [0.1, 0.15) is 12.1 Å². The number of nitriles is 2. The second-order valence-corrected chi connectivity index (χ2v) is 4.58. The summed E-state index contributed by atoms with van der Waals surface area (Å²) in [4.78, 5) is 8.54. The van der Waals surface area contributed by atoms with E-state index in [2.05, 4.69) is 20.5 Å². The highest BCUT2D eigenvalue weighted by molar-refractivity contribution is 7.98. The first-order valence-corrected chi connectivity index (χ1v) is 7.10. The SMILES string of the molecule is CSc1nccc(-c2ccc(NN=C(C#N)C#N)cc2)n1. The van der Waals surface area contributed by atoms with E-state index in [4.69, 9.17) is 10.5 Å². The molecule has 0 amide bonds. The van der Waals surface area contributed by atoms with Crippen molar-refractivity contribution in [1.29, 1.82) is 10.5 Å². The van der Waals surface area contributed by atoms with Crippen LogP contribution >= 0.6 is 11.8 Å². The van der Waals surface area contributed by atoms with Crippen LogP contribution in [0.2, 0.25) is 0 Å². The Morgan fingerprint density at radius 3 is 2.52 bits per heavy atom. The van der Waals surface area contributed by atoms with Gasteiger partial charge in [0.15, 0.2) is 5.16 Å². The van der Waals surface area contributed by atoms with Crippen LogP contribution in [0.15, 0.2) is 46.8 Å². The normalized spacial score (nSPS) is 9.29. The van der Waals surface area contributed by atoms with Crippen molar-refractivity contribution < 1.29 is 0 Å². The fraction of sp³-hybridized carbons (Fsp3) is 0.0714. The molecule has 21 heavy (non-hydrogen) atoms. The van der Waals surface area contributed by atoms with Crippen molar-refractivity contribution in [3.8, 4) is 23.4 Å². The van der Waals surface area contributed by atoms with E-state index in [-0.39, 0.29) is 5.71 Å². The van der Waals surface area contributed by atoms with Crippen LogP contribution < -0.4 is 5.43 Å². The minimum atomic E-state index is -0.223. The Kier molecular flexibility index (Phi) is 4.86. The number of benzene rings is 1. The predicted molar refractivity (Wildman–Crippen MR) is 81.5 cm³/mol. The van der Waals surface area contributed by atoms with Gasteiger partial charge in [0.25, 0.3) is 0 Å². The monoisotopic (exact) mass is 294 g/mol. The molecular formula is C14H10N6S. The van der Waals surface area contributed by atoms with Gasteiger partial charge in [0, 0.05) is 11.8 Å². The molecule has 1 N–H and O–H groups in total. The third kappa shape index (κ3) is 3.78. The van der Waals surface area contributed by atoms with Crippen LogP contribution in [0.1, 0.15) is 0 Å². The second-order valence-electron chi connectivity index (χ2n) is 3.80. The van der Waals surface area contributed by atoms with Crippen molar-refractivity contribution >= 4 is 23.2 Å². The Morgan fingerprint density at radius 2 is 1.90 bits per heavy atom. The van der Waals surface area contributed by atoms with Crippen LogP contribution in [0.4, 0.5) is 5.69 Å². The molecule has 2 aromatic rings. The molecule has 1 heterocycles. The summed E-state index contributed by atoms with van der Waals surface area (Å²) in [5.74, 6) is 0. The van der Waals surface area contributed by atoms with Crippen LogP contribution in [0, 0.1) is 22.7 Å². The first-order valence-electron chi connectivity index (χ1n) is 5.88. The Balaban J connectivity index is 2.18. The minimum Gasteiger partial charge on any atom is -0.277 e. The summed E-state index contributed by atoms with van der Waals surface area (Å²) in [5, 5.41) is 21.6. The molecule has 0 aliphatic rings. The standard InChI is InChI=1S/C14H10N6S/c1-21-14-17-7-6-13(18-14)10-2-4-11(5-3-10)19-20-12(8-15)9-16/h2-7,19H,1H3. The summed E-state index contributed by atoms with van der Waals surface area (Å²) in [6.45, 7) is 0.